The van der Waals surface area contributed by atoms with Gasteiger partial charge in [0.2, 0.25) is 0 Å². The number of benzene rings is 1. The number of nitrogens with zero attached hydrogens (tertiary/aromatic N) is 4. The number of aromatic nitrogens is 3. The normalized spacial score (nSPS) is 17.2. The summed E-state index contributed by atoms with van der Waals surface area (Å²) < 4.78 is 15.7. The van der Waals surface area contributed by atoms with Crippen LogP contribution in [-0.2, 0) is 17.9 Å². The van der Waals surface area contributed by atoms with Crippen LogP contribution in [0.1, 0.15) is 37.4 Å². The Balaban J connectivity index is 1.51. The average molecular weight is 518 g/mol. The van der Waals surface area contributed by atoms with Crippen LogP contribution in [0.4, 0.5) is 11.6 Å². The Kier molecular flexibility index (Phi) is 7.86. The summed E-state index contributed by atoms with van der Waals surface area (Å²) in [6.45, 7) is 5.58. The van der Waals surface area contributed by atoms with E-state index in [0.29, 0.717) is 29.0 Å². The van der Waals surface area contributed by atoms with Gasteiger partial charge in [0, 0.05) is 42.1 Å². The van der Waals surface area contributed by atoms with E-state index >= 15 is 0 Å². The molecule has 0 fully saturated rings. The van der Waals surface area contributed by atoms with Crippen molar-refractivity contribution in [3.63, 3.8) is 0 Å². The summed E-state index contributed by atoms with van der Waals surface area (Å²) in [5, 5.41) is 1.13. The molecule has 2 aromatic heterocycles. The van der Waals surface area contributed by atoms with Crippen LogP contribution in [0.25, 0.3) is 0 Å². The summed E-state index contributed by atoms with van der Waals surface area (Å²) in [5.41, 5.74) is 13.9. The largest absolute Gasteiger partial charge is 0.598 e. The highest BCUT2D eigenvalue weighted by Crippen LogP contribution is 2.35. The molecule has 0 radical (unpaired) electrons. The first kappa shape index (κ1) is 25.0. The molecule has 0 aliphatic carbocycles. The fourth-order valence-electron chi connectivity index (χ4n) is 3.58. The molecule has 11 heteroatoms. The summed E-state index contributed by atoms with van der Waals surface area (Å²) in [6, 6.07) is 9.99. The third-order valence-electron chi connectivity index (χ3n) is 5.76. The zero-order chi connectivity index (χ0) is 24.3. The number of pyridine rings is 1. The molecule has 4 rings (SSSR count). The fourth-order valence-corrected chi connectivity index (χ4v) is 5.54. The first-order valence-electron chi connectivity index (χ1n) is 10.9. The van der Waals surface area contributed by atoms with Gasteiger partial charge in [0.1, 0.15) is 16.7 Å². The molecule has 0 bridgehead atoms. The molecule has 0 saturated heterocycles. The number of hydrogen-bond acceptors (Lipinski definition) is 9. The fraction of sp³-hybridized carbons (Fsp3) is 0.348. The molecule has 1 aliphatic rings. The van der Waals surface area contributed by atoms with E-state index in [4.69, 9.17) is 23.1 Å². The van der Waals surface area contributed by atoms with Crippen LogP contribution in [0.3, 0.4) is 0 Å². The predicted molar refractivity (Wildman–Crippen MR) is 139 cm³/mol. The third-order valence-corrected chi connectivity index (χ3v) is 8.91. The lowest BCUT2D eigenvalue weighted by atomic mass is 10.0. The van der Waals surface area contributed by atoms with Gasteiger partial charge < -0.3 is 20.9 Å². The van der Waals surface area contributed by atoms with E-state index in [1.807, 2.05) is 26.0 Å². The molecule has 34 heavy (non-hydrogen) atoms. The second-order valence-corrected chi connectivity index (χ2v) is 12.0. The lowest BCUT2D eigenvalue weighted by molar-refractivity contribution is 0.506. The number of fused-ring (bicyclic) bond motifs is 1. The Bertz CT molecular complexity index is 1130. The Morgan fingerprint density at radius 1 is 1.24 bits per heavy atom. The second kappa shape index (κ2) is 10.7. The van der Waals surface area contributed by atoms with Crippen LogP contribution >= 0.6 is 23.4 Å². The lowest BCUT2D eigenvalue weighted by Crippen LogP contribution is -2.48. The zero-order valence-electron chi connectivity index (χ0n) is 19.1. The van der Waals surface area contributed by atoms with E-state index < -0.39 is 16.1 Å². The van der Waals surface area contributed by atoms with Crippen molar-refractivity contribution in [2.45, 2.75) is 47.5 Å². The maximum Gasteiger partial charge on any atom is 0.151 e. The van der Waals surface area contributed by atoms with Crippen LogP contribution in [0.2, 0.25) is 5.02 Å². The molecule has 1 aliphatic heterocycles. The lowest BCUT2D eigenvalue weighted by Gasteiger charge is -2.30. The summed E-state index contributed by atoms with van der Waals surface area (Å²) in [5.74, 6) is 1.07. The van der Waals surface area contributed by atoms with Crippen molar-refractivity contribution >= 4 is 46.4 Å². The molecule has 0 amide bonds. The molecule has 1 aromatic carbocycles. The molecular formula is C23H28ClN7OS2. The van der Waals surface area contributed by atoms with Crippen molar-refractivity contribution in [3.05, 3.63) is 65.1 Å². The highest BCUT2D eigenvalue weighted by Gasteiger charge is 2.35. The smallest absolute Gasteiger partial charge is 0.151 e. The number of nitrogens with one attached hydrogen (secondary N) is 1. The highest BCUT2D eigenvalue weighted by molar-refractivity contribution is 7.99. The van der Waals surface area contributed by atoms with Gasteiger partial charge in [0.25, 0.3) is 0 Å². The highest BCUT2D eigenvalue weighted by atomic mass is 35.5. The van der Waals surface area contributed by atoms with Gasteiger partial charge in [-0.15, -0.1) is 4.72 Å². The van der Waals surface area contributed by atoms with Gasteiger partial charge in [-0.1, -0.05) is 47.6 Å². The Hall–Kier alpha value is -2.08. The van der Waals surface area contributed by atoms with Gasteiger partial charge >= 0.3 is 0 Å². The van der Waals surface area contributed by atoms with E-state index in [1.165, 1.54) is 17.3 Å². The standard InChI is InChI=1S/C23H28ClN7OS2/c1-23(2,14-25)34(32)30-17-8-10-31(13-15-5-3-4-6-16(15)17)19-11-29-20(12-28-19)33-18-7-9-27-22(26)21(18)24/h3-7,9,11-12,17,30H,8,10,13-14,25H2,1-2H3,(H2,26,27). The van der Waals surface area contributed by atoms with Gasteiger partial charge in [-0.25, -0.2) is 15.0 Å². The summed E-state index contributed by atoms with van der Waals surface area (Å²) in [7, 11) is 0. The molecule has 8 nitrogen and oxygen atoms in total. The number of nitrogen functional groups attached to an aromatic ring is 1. The minimum atomic E-state index is -1.27. The SMILES string of the molecule is CC(C)(CN)[S+]([O-])NC1CCN(c2cnc(Sc3ccnc(N)c3Cl)cn2)Cc2ccccc21. The summed E-state index contributed by atoms with van der Waals surface area (Å²) in [4.78, 5) is 16.2. The van der Waals surface area contributed by atoms with Crippen molar-refractivity contribution < 1.29 is 4.55 Å². The van der Waals surface area contributed by atoms with E-state index in [1.54, 1.807) is 24.7 Å². The van der Waals surface area contributed by atoms with Crippen LogP contribution in [0.5, 0.6) is 0 Å². The van der Waals surface area contributed by atoms with Gasteiger partial charge in [-0.3, -0.25) is 0 Å². The van der Waals surface area contributed by atoms with E-state index in [-0.39, 0.29) is 6.04 Å². The van der Waals surface area contributed by atoms with Gasteiger partial charge in [0.15, 0.2) is 4.75 Å². The molecule has 2 atom stereocenters. The minimum absolute atomic E-state index is 0.0464. The van der Waals surface area contributed by atoms with Gasteiger partial charge in [-0.2, -0.15) is 0 Å². The molecule has 0 spiro atoms. The van der Waals surface area contributed by atoms with Crippen molar-refractivity contribution in [2.24, 2.45) is 5.73 Å². The molecular weight excluding hydrogens is 490 g/mol. The maximum atomic E-state index is 12.9. The quantitative estimate of drug-likeness (QED) is 0.401. The van der Waals surface area contributed by atoms with E-state index in [0.717, 1.165) is 29.2 Å². The molecule has 2 unspecified atom stereocenters. The first-order chi connectivity index (χ1) is 16.3. The monoisotopic (exact) mass is 517 g/mol. The van der Waals surface area contributed by atoms with E-state index in [9.17, 15) is 4.55 Å². The van der Waals surface area contributed by atoms with Gasteiger partial charge in [-0.05, 0) is 37.5 Å². The topological polar surface area (TPSA) is 129 Å². The number of rotatable bonds is 7. The van der Waals surface area contributed by atoms with Crippen LogP contribution in [-0.4, -0.2) is 37.3 Å². The summed E-state index contributed by atoms with van der Waals surface area (Å²) in [6.07, 6.45) is 5.89. The predicted octanol–water partition coefficient (Wildman–Crippen LogP) is 3.70. The third kappa shape index (κ3) is 5.59. The number of anilines is 2. The van der Waals surface area contributed by atoms with Crippen molar-refractivity contribution in [2.75, 3.05) is 23.7 Å². The second-order valence-electron chi connectivity index (χ2n) is 8.64. The number of halogens is 1. The van der Waals surface area contributed by atoms with Crippen molar-refractivity contribution in [3.8, 4) is 0 Å². The molecule has 3 aromatic rings. The van der Waals surface area contributed by atoms with Crippen molar-refractivity contribution in [1.82, 2.24) is 19.7 Å². The first-order valence-corrected chi connectivity index (χ1v) is 13.2. The van der Waals surface area contributed by atoms with E-state index in [2.05, 4.69) is 36.7 Å². The number of hydrogen-bond donors (Lipinski definition) is 3. The molecule has 3 heterocycles. The Morgan fingerprint density at radius 2 is 2.03 bits per heavy atom. The van der Waals surface area contributed by atoms with Crippen LogP contribution in [0, 0.1) is 0 Å². The summed E-state index contributed by atoms with van der Waals surface area (Å²) >= 11 is 6.37. The minimum Gasteiger partial charge on any atom is -0.598 e. The number of nitrogens with two attached hydrogens (primary N) is 2. The molecule has 180 valence electrons. The maximum absolute atomic E-state index is 12.9. The van der Waals surface area contributed by atoms with Crippen LogP contribution in [0.15, 0.2) is 58.8 Å². The molecule has 5 N–H and O–H groups in total. The van der Waals surface area contributed by atoms with Gasteiger partial charge in [0.05, 0.1) is 23.5 Å². The Morgan fingerprint density at radius 3 is 2.76 bits per heavy atom. The zero-order valence-corrected chi connectivity index (χ0v) is 21.5. The van der Waals surface area contributed by atoms with Crippen molar-refractivity contribution in [1.29, 1.82) is 0 Å². The average Bonchev–Trinajstić information content (AvgIpc) is 3.02. The van der Waals surface area contributed by atoms with Crippen LogP contribution < -0.4 is 21.1 Å². The molecule has 0 saturated carbocycles. The Labute approximate surface area is 212 Å².